The maximum atomic E-state index is 12.3. The number of thiophene rings is 1. The molecule has 0 saturated heterocycles. The van der Waals surface area contributed by atoms with Crippen LogP contribution >= 0.6 is 22.7 Å². The zero-order valence-electron chi connectivity index (χ0n) is 12.3. The molecular formula is C13H18N2O3S3. The van der Waals surface area contributed by atoms with Crippen molar-refractivity contribution >= 4 is 37.8 Å². The first-order valence-corrected chi connectivity index (χ1v) is 9.50. The molecule has 0 spiro atoms. The van der Waals surface area contributed by atoms with Gasteiger partial charge in [-0.2, -0.15) is 0 Å². The van der Waals surface area contributed by atoms with Crippen LogP contribution in [0.2, 0.25) is 0 Å². The van der Waals surface area contributed by atoms with Gasteiger partial charge in [0, 0.05) is 15.7 Å². The highest BCUT2D eigenvalue weighted by Gasteiger charge is 2.22. The van der Waals surface area contributed by atoms with E-state index in [9.17, 15) is 8.42 Å². The first-order valence-electron chi connectivity index (χ1n) is 6.32. The van der Waals surface area contributed by atoms with Crippen LogP contribution in [-0.2, 0) is 22.0 Å². The van der Waals surface area contributed by atoms with Crippen molar-refractivity contribution in [3.8, 4) is 0 Å². The van der Waals surface area contributed by atoms with Gasteiger partial charge in [-0.25, -0.2) is 13.4 Å². The Kier molecular flexibility index (Phi) is 4.44. The van der Waals surface area contributed by atoms with Gasteiger partial charge in [0.1, 0.15) is 4.21 Å². The minimum absolute atomic E-state index is 0.121. The lowest BCUT2D eigenvalue weighted by atomic mass is 9.93. The Balaban J connectivity index is 2.27. The third-order valence-corrected chi connectivity index (χ3v) is 6.82. The Bertz CT molecular complexity index is 739. The lowest BCUT2D eigenvalue weighted by Gasteiger charge is -2.14. The molecule has 2 heterocycles. The van der Waals surface area contributed by atoms with E-state index in [2.05, 4.69) is 9.71 Å². The van der Waals surface area contributed by atoms with Crippen LogP contribution in [0.15, 0.2) is 15.7 Å². The number of nitrogens with zero attached hydrogens (tertiary/aromatic N) is 1. The number of aliphatic hydroxyl groups excluding tert-OH is 1. The van der Waals surface area contributed by atoms with Crippen LogP contribution < -0.4 is 4.72 Å². The van der Waals surface area contributed by atoms with Crippen molar-refractivity contribution in [3.05, 3.63) is 27.6 Å². The quantitative estimate of drug-likeness (QED) is 0.891. The lowest BCUT2D eigenvalue weighted by Crippen LogP contribution is -2.14. The fourth-order valence-corrected chi connectivity index (χ4v) is 5.25. The van der Waals surface area contributed by atoms with Crippen LogP contribution in [0.25, 0.3) is 0 Å². The van der Waals surface area contributed by atoms with Crippen molar-refractivity contribution in [1.82, 2.24) is 4.98 Å². The van der Waals surface area contributed by atoms with Gasteiger partial charge in [-0.3, -0.25) is 4.72 Å². The van der Waals surface area contributed by atoms with E-state index < -0.39 is 10.0 Å². The molecule has 2 aromatic rings. The minimum atomic E-state index is -3.65. The number of aryl methyl sites for hydroxylation is 1. The molecule has 0 saturated carbocycles. The summed E-state index contributed by atoms with van der Waals surface area (Å²) in [7, 11) is -3.65. The van der Waals surface area contributed by atoms with E-state index in [1.807, 2.05) is 26.2 Å². The number of hydrogen-bond acceptors (Lipinski definition) is 6. The largest absolute Gasteiger partial charge is 0.391 e. The van der Waals surface area contributed by atoms with E-state index in [-0.39, 0.29) is 16.2 Å². The molecule has 116 valence electrons. The Hall–Kier alpha value is -0.960. The van der Waals surface area contributed by atoms with Crippen molar-refractivity contribution in [2.45, 2.75) is 43.9 Å². The van der Waals surface area contributed by atoms with E-state index in [1.165, 1.54) is 11.3 Å². The molecule has 0 unspecified atom stereocenters. The van der Waals surface area contributed by atoms with E-state index in [0.717, 1.165) is 22.6 Å². The van der Waals surface area contributed by atoms with Gasteiger partial charge in [-0.1, -0.05) is 20.8 Å². The molecule has 0 aliphatic heterocycles. The number of aromatic nitrogens is 1. The molecular weight excluding hydrogens is 328 g/mol. The Morgan fingerprint density at radius 1 is 1.38 bits per heavy atom. The summed E-state index contributed by atoms with van der Waals surface area (Å²) in [6.07, 6.45) is 0. The number of hydrogen-bond donors (Lipinski definition) is 2. The van der Waals surface area contributed by atoms with Crippen LogP contribution in [0.3, 0.4) is 0 Å². The molecule has 0 bridgehead atoms. The monoisotopic (exact) mass is 346 g/mol. The fraction of sp³-hybridized carbons (Fsp3) is 0.462. The van der Waals surface area contributed by atoms with Crippen molar-refractivity contribution in [2.24, 2.45) is 0 Å². The Labute approximate surface area is 132 Å². The van der Waals surface area contributed by atoms with Crippen molar-refractivity contribution < 1.29 is 13.5 Å². The molecule has 8 heteroatoms. The highest BCUT2D eigenvalue weighted by Crippen LogP contribution is 2.30. The molecule has 0 aliphatic rings. The highest BCUT2D eigenvalue weighted by atomic mass is 32.2. The van der Waals surface area contributed by atoms with Crippen LogP contribution in [0, 0.1) is 6.92 Å². The van der Waals surface area contributed by atoms with Crippen LogP contribution in [-0.4, -0.2) is 18.5 Å². The number of aliphatic hydroxyl groups is 1. The van der Waals surface area contributed by atoms with E-state index in [4.69, 9.17) is 5.11 Å². The number of nitrogens with one attached hydrogen (secondary N) is 1. The molecule has 0 aliphatic carbocycles. The number of sulfonamides is 1. The summed E-state index contributed by atoms with van der Waals surface area (Å²) in [4.78, 5) is 4.98. The van der Waals surface area contributed by atoms with Crippen molar-refractivity contribution in [3.63, 3.8) is 0 Å². The van der Waals surface area contributed by atoms with Gasteiger partial charge in [-0.15, -0.1) is 22.7 Å². The molecule has 2 aromatic heterocycles. The highest BCUT2D eigenvalue weighted by molar-refractivity contribution is 7.94. The van der Waals surface area contributed by atoms with Crippen LogP contribution in [0.1, 0.15) is 36.9 Å². The summed E-state index contributed by atoms with van der Waals surface area (Å²) in [5, 5.41) is 11.4. The summed E-state index contributed by atoms with van der Waals surface area (Å²) in [6, 6.07) is 1.57. The predicted octanol–water partition coefficient (Wildman–Crippen LogP) is 3.10. The summed E-state index contributed by atoms with van der Waals surface area (Å²) in [5.74, 6) is 0. The van der Waals surface area contributed by atoms with Gasteiger partial charge in [-0.05, 0) is 18.6 Å². The molecule has 0 atom stereocenters. The standard InChI is InChI=1S/C13H18N2O3S3/c1-8-5-11(20-9(8)6-16)21(17,18)15-12-14-10(7-19-12)13(2,3)4/h5,7,16H,6H2,1-4H3,(H,14,15). The first kappa shape index (κ1) is 16.4. The summed E-state index contributed by atoms with van der Waals surface area (Å²) >= 11 is 2.34. The second-order valence-corrected chi connectivity index (χ2v) is 9.63. The number of anilines is 1. The predicted molar refractivity (Wildman–Crippen MR) is 86.6 cm³/mol. The summed E-state index contributed by atoms with van der Waals surface area (Å²) in [6.45, 7) is 7.70. The second-order valence-electron chi connectivity index (χ2n) is 5.72. The molecule has 0 aromatic carbocycles. The number of rotatable bonds is 4. The molecule has 5 nitrogen and oxygen atoms in total. The summed E-state index contributed by atoms with van der Waals surface area (Å²) < 4.78 is 27.3. The average molecular weight is 346 g/mol. The van der Waals surface area contributed by atoms with Crippen LogP contribution in [0.5, 0.6) is 0 Å². The van der Waals surface area contributed by atoms with Gasteiger partial charge in [0.2, 0.25) is 0 Å². The van der Waals surface area contributed by atoms with Crippen molar-refractivity contribution in [1.29, 1.82) is 0 Å². The third-order valence-electron chi connectivity index (χ3n) is 2.90. The SMILES string of the molecule is Cc1cc(S(=O)(=O)Nc2nc(C(C)(C)C)cs2)sc1CO. The Morgan fingerprint density at radius 2 is 2.05 bits per heavy atom. The smallest absolute Gasteiger partial charge is 0.273 e. The van der Waals surface area contributed by atoms with E-state index in [0.29, 0.717) is 10.0 Å². The molecule has 2 rings (SSSR count). The molecule has 0 amide bonds. The molecule has 21 heavy (non-hydrogen) atoms. The Morgan fingerprint density at radius 3 is 2.52 bits per heavy atom. The average Bonchev–Trinajstić information content (AvgIpc) is 2.94. The first-order chi connectivity index (χ1) is 9.63. The van der Waals surface area contributed by atoms with Gasteiger partial charge in [0.05, 0.1) is 12.3 Å². The normalized spacial score (nSPS) is 12.6. The van der Waals surface area contributed by atoms with Gasteiger partial charge >= 0.3 is 0 Å². The molecule has 2 N–H and O–H groups in total. The van der Waals surface area contributed by atoms with Gasteiger partial charge in [0.15, 0.2) is 5.13 Å². The van der Waals surface area contributed by atoms with E-state index in [1.54, 1.807) is 13.0 Å². The van der Waals surface area contributed by atoms with Crippen LogP contribution in [0.4, 0.5) is 5.13 Å². The molecule has 0 fully saturated rings. The number of thiazole rings is 1. The maximum Gasteiger partial charge on any atom is 0.273 e. The molecule has 0 radical (unpaired) electrons. The lowest BCUT2D eigenvalue weighted by molar-refractivity contribution is 0.285. The minimum Gasteiger partial charge on any atom is -0.391 e. The zero-order chi connectivity index (χ0) is 15.8. The summed E-state index contributed by atoms with van der Waals surface area (Å²) in [5.41, 5.74) is 1.50. The zero-order valence-corrected chi connectivity index (χ0v) is 14.7. The maximum absolute atomic E-state index is 12.3. The van der Waals surface area contributed by atoms with Gasteiger partial charge < -0.3 is 5.11 Å². The van der Waals surface area contributed by atoms with Crippen molar-refractivity contribution in [2.75, 3.05) is 4.72 Å². The van der Waals surface area contributed by atoms with E-state index >= 15 is 0 Å². The third kappa shape index (κ3) is 3.63. The van der Waals surface area contributed by atoms with Gasteiger partial charge in [0.25, 0.3) is 10.0 Å². The second kappa shape index (κ2) is 5.68. The fourth-order valence-electron chi connectivity index (χ4n) is 1.61. The topological polar surface area (TPSA) is 79.3 Å².